The van der Waals surface area contributed by atoms with Gasteiger partial charge in [-0.2, -0.15) is 13.2 Å². The number of carbonyl (C=O) groups is 1. The van der Waals surface area contributed by atoms with Crippen molar-refractivity contribution < 1.29 is 27.8 Å². The van der Waals surface area contributed by atoms with Crippen LogP contribution in [-0.2, 0) is 9.53 Å². The van der Waals surface area contributed by atoms with Crippen LogP contribution < -0.4 is 0 Å². The average Bonchev–Trinajstić information content (AvgIpc) is 2.32. The van der Waals surface area contributed by atoms with Gasteiger partial charge in [0, 0.05) is 39.3 Å². The van der Waals surface area contributed by atoms with Crippen LogP contribution in [0.4, 0.5) is 13.2 Å². The van der Waals surface area contributed by atoms with Crippen LogP contribution >= 0.6 is 0 Å². The maximum atomic E-state index is 11.8. The zero-order valence-electron chi connectivity index (χ0n) is 10.7. The molecule has 0 aromatic carbocycles. The fourth-order valence-electron chi connectivity index (χ4n) is 1.87. The molecule has 0 atom stereocenters. The van der Waals surface area contributed by atoms with Crippen molar-refractivity contribution in [2.45, 2.75) is 12.6 Å². The van der Waals surface area contributed by atoms with Gasteiger partial charge in [-0.25, -0.2) is 0 Å². The van der Waals surface area contributed by atoms with Gasteiger partial charge in [-0.15, -0.1) is 0 Å². The van der Waals surface area contributed by atoms with E-state index >= 15 is 0 Å². The lowest BCUT2D eigenvalue weighted by Crippen LogP contribution is -2.47. The minimum Gasteiger partial charge on any atom is -0.481 e. The van der Waals surface area contributed by atoms with Crippen molar-refractivity contribution in [1.82, 2.24) is 9.80 Å². The third-order valence-corrected chi connectivity index (χ3v) is 2.92. The molecule has 1 aliphatic rings. The molecule has 0 unspecified atom stereocenters. The Labute approximate surface area is 109 Å². The molecule has 0 saturated carbocycles. The van der Waals surface area contributed by atoms with E-state index in [9.17, 15) is 18.0 Å². The number of hydrogen-bond acceptors (Lipinski definition) is 4. The van der Waals surface area contributed by atoms with Gasteiger partial charge in [-0.3, -0.25) is 9.69 Å². The second-order valence-corrected chi connectivity index (χ2v) is 4.49. The van der Waals surface area contributed by atoms with Crippen molar-refractivity contribution >= 4 is 5.97 Å². The molecule has 1 saturated heterocycles. The van der Waals surface area contributed by atoms with Crippen molar-refractivity contribution in [2.24, 2.45) is 0 Å². The third-order valence-electron chi connectivity index (χ3n) is 2.92. The lowest BCUT2D eigenvalue weighted by molar-refractivity contribution is -0.174. The molecule has 0 aromatic rings. The number of aliphatic carboxylic acids is 1. The van der Waals surface area contributed by atoms with E-state index < -0.39 is 18.8 Å². The predicted octanol–water partition coefficient (Wildman–Crippen LogP) is 0.658. The van der Waals surface area contributed by atoms with Gasteiger partial charge in [0.05, 0.1) is 13.0 Å². The summed E-state index contributed by atoms with van der Waals surface area (Å²) in [6.45, 7) is 2.81. The molecule has 1 fully saturated rings. The zero-order valence-corrected chi connectivity index (χ0v) is 10.7. The molecule has 5 nitrogen and oxygen atoms in total. The molecule has 1 heterocycles. The van der Waals surface area contributed by atoms with E-state index in [1.54, 1.807) is 0 Å². The second-order valence-electron chi connectivity index (χ2n) is 4.49. The number of alkyl halides is 3. The van der Waals surface area contributed by atoms with Crippen LogP contribution in [0.2, 0.25) is 0 Å². The van der Waals surface area contributed by atoms with Crippen molar-refractivity contribution in [3.8, 4) is 0 Å². The number of rotatable bonds is 7. The first-order chi connectivity index (χ1) is 8.87. The molecule has 1 rings (SSSR count). The van der Waals surface area contributed by atoms with Crippen molar-refractivity contribution in [3.63, 3.8) is 0 Å². The van der Waals surface area contributed by atoms with Gasteiger partial charge < -0.3 is 14.7 Å². The fourth-order valence-corrected chi connectivity index (χ4v) is 1.87. The molecule has 1 N–H and O–H groups in total. The van der Waals surface area contributed by atoms with E-state index in [4.69, 9.17) is 5.11 Å². The Hall–Kier alpha value is -0.860. The molecule has 8 heteroatoms. The van der Waals surface area contributed by atoms with Crippen LogP contribution in [0.25, 0.3) is 0 Å². The molecule has 1 aliphatic heterocycles. The first-order valence-corrected chi connectivity index (χ1v) is 6.18. The van der Waals surface area contributed by atoms with Crippen molar-refractivity contribution in [3.05, 3.63) is 0 Å². The number of carboxylic acid groups (broad SMARTS) is 1. The summed E-state index contributed by atoms with van der Waals surface area (Å²) in [6, 6.07) is 0. The molecule has 0 aliphatic carbocycles. The Bertz CT molecular complexity index is 279. The fraction of sp³-hybridized carbons (Fsp3) is 0.909. The number of ether oxygens (including phenoxy) is 1. The smallest absolute Gasteiger partial charge is 0.411 e. The minimum absolute atomic E-state index is 0.0641. The highest BCUT2D eigenvalue weighted by atomic mass is 19.4. The topological polar surface area (TPSA) is 53.0 Å². The van der Waals surface area contributed by atoms with E-state index in [1.807, 2.05) is 9.80 Å². The molecular weight excluding hydrogens is 265 g/mol. The maximum Gasteiger partial charge on any atom is 0.411 e. The van der Waals surface area contributed by atoms with Gasteiger partial charge in [0.15, 0.2) is 0 Å². The van der Waals surface area contributed by atoms with Gasteiger partial charge in [-0.05, 0) is 0 Å². The van der Waals surface area contributed by atoms with E-state index in [0.717, 1.165) is 26.2 Å². The lowest BCUT2D eigenvalue weighted by atomic mass is 10.3. The molecule has 0 radical (unpaired) electrons. The first kappa shape index (κ1) is 16.2. The highest BCUT2D eigenvalue weighted by Crippen LogP contribution is 2.14. The van der Waals surface area contributed by atoms with E-state index in [2.05, 4.69) is 4.74 Å². The summed E-state index contributed by atoms with van der Waals surface area (Å²) in [5.41, 5.74) is 0. The molecule has 112 valence electrons. The quantitative estimate of drug-likeness (QED) is 0.696. The van der Waals surface area contributed by atoms with Crippen LogP contribution in [0.15, 0.2) is 0 Å². The van der Waals surface area contributed by atoms with Gasteiger partial charge >= 0.3 is 12.1 Å². The Morgan fingerprint density at radius 1 is 1.11 bits per heavy atom. The SMILES string of the molecule is O=C(O)CCN1CCN(CCOCC(F)(F)F)CC1. The number of piperazine rings is 1. The normalized spacial score (nSPS) is 18.7. The van der Waals surface area contributed by atoms with E-state index in [1.165, 1.54) is 0 Å². The largest absolute Gasteiger partial charge is 0.481 e. The Morgan fingerprint density at radius 3 is 2.11 bits per heavy atom. The molecule has 0 amide bonds. The third kappa shape index (κ3) is 8.02. The van der Waals surface area contributed by atoms with Crippen molar-refractivity contribution in [2.75, 3.05) is 52.5 Å². The van der Waals surface area contributed by atoms with Gasteiger partial charge in [-0.1, -0.05) is 0 Å². The van der Waals surface area contributed by atoms with Crippen LogP contribution in [0, 0.1) is 0 Å². The van der Waals surface area contributed by atoms with Gasteiger partial charge in [0.25, 0.3) is 0 Å². The maximum absolute atomic E-state index is 11.8. The lowest BCUT2D eigenvalue weighted by Gasteiger charge is -2.34. The van der Waals surface area contributed by atoms with Crippen LogP contribution in [-0.4, -0.2) is 79.5 Å². The van der Waals surface area contributed by atoms with Crippen LogP contribution in [0.5, 0.6) is 0 Å². The Balaban J connectivity index is 2.05. The van der Waals surface area contributed by atoms with E-state index in [0.29, 0.717) is 13.1 Å². The summed E-state index contributed by atoms with van der Waals surface area (Å²) in [4.78, 5) is 14.5. The second kappa shape index (κ2) is 7.66. The summed E-state index contributed by atoms with van der Waals surface area (Å²) in [7, 11) is 0. The monoisotopic (exact) mass is 284 g/mol. The summed E-state index contributed by atoms with van der Waals surface area (Å²) in [6.07, 6.45) is -4.15. The summed E-state index contributed by atoms with van der Waals surface area (Å²) in [5, 5.41) is 8.56. The van der Waals surface area contributed by atoms with Gasteiger partial charge in [0.1, 0.15) is 6.61 Å². The van der Waals surface area contributed by atoms with Crippen molar-refractivity contribution in [1.29, 1.82) is 0 Å². The van der Waals surface area contributed by atoms with Crippen LogP contribution in [0.3, 0.4) is 0 Å². The zero-order chi connectivity index (χ0) is 14.3. The molecular formula is C11H19F3N2O3. The van der Waals surface area contributed by atoms with E-state index in [-0.39, 0.29) is 13.0 Å². The highest BCUT2D eigenvalue weighted by Gasteiger charge is 2.27. The summed E-state index contributed by atoms with van der Waals surface area (Å²) in [5.74, 6) is -0.817. The molecule has 0 aromatic heterocycles. The summed E-state index contributed by atoms with van der Waals surface area (Å²) < 4.78 is 40.0. The number of nitrogens with zero attached hydrogens (tertiary/aromatic N) is 2. The van der Waals surface area contributed by atoms with Gasteiger partial charge in [0.2, 0.25) is 0 Å². The molecule has 0 bridgehead atoms. The summed E-state index contributed by atoms with van der Waals surface area (Å²) >= 11 is 0. The molecule has 0 spiro atoms. The number of hydrogen-bond donors (Lipinski definition) is 1. The molecule has 19 heavy (non-hydrogen) atoms. The highest BCUT2D eigenvalue weighted by molar-refractivity contribution is 5.66. The predicted molar refractivity (Wildman–Crippen MR) is 62.0 cm³/mol. The first-order valence-electron chi connectivity index (χ1n) is 6.18. The number of carboxylic acids is 1. The number of halogens is 3. The van der Waals surface area contributed by atoms with Crippen LogP contribution in [0.1, 0.15) is 6.42 Å². The Kier molecular flexibility index (Phi) is 6.53. The standard InChI is InChI=1S/C11H19F3N2O3/c12-11(13,14)9-19-8-7-16-5-3-15(4-6-16)2-1-10(17)18/h1-9H2,(H,17,18). The average molecular weight is 284 g/mol. The Morgan fingerprint density at radius 2 is 1.63 bits per heavy atom. The minimum atomic E-state index is -4.27.